The second kappa shape index (κ2) is 7.69. The fourth-order valence-corrected chi connectivity index (χ4v) is 6.35. The number of fused-ring (bicyclic) bond motifs is 1. The molecule has 1 saturated heterocycles. The normalized spacial score (nSPS) is 21.7. The fraction of sp³-hybridized carbons (Fsp3) is 0.565. The van der Waals surface area contributed by atoms with Gasteiger partial charge in [-0.2, -0.15) is 0 Å². The number of hydrogen-bond acceptors (Lipinski definition) is 8. The number of sulfonamides is 1. The summed E-state index contributed by atoms with van der Waals surface area (Å²) in [5.74, 6) is 0.594. The number of nitrogens with one attached hydrogen (secondary N) is 2. The quantitative estimate of drug-likeness (QED) is 0.566. The summed E-state index contributed by atoms with van der Waals surface area (Å²) in [6, 6.07) is 3.66. The lowest BCUT2D eigenvalue weighted by Crippen LogP contribution is -2.61. The van der Waals surface area contributed by atoms with Crippen LogP contribution in [0.15, 0.2) is 23.2 Å². The minimum Gasteiger partial charge on any atom is -0.366 e. The minimum absolute atomic E-state index is 0.144. The standard InChI is InChI=1S/C23H32N8O2S/c1-14-11-31(13-22(3,4)26-14)19-10-16(34(32,33)28-23(5)7-8-23)9-17-20(18-12-30(6)29-27-18)24-15(2)25-21(17)19/h9-10,12,14,26,28H,7-8,11,13H2,1-6H3/t14-/m0/s1. The Bertz CT molecular complexity index is 1380. The molecule has 1 aromatic carbocycles. The summed E-state index contributed by atoms with van der Waals surface area (Å²) in [6.45, 7) is 11.7. The van der Waals surface area contributed by atoms with Gasteiger partial charge < -0.3 is 10.2 Å². The summed E-state index contributed by atoms with van der Waals surface area (Å²) >= 11 is 0. The monoisotopic (exact) mass is 484 g/mol. The molecule has 1 atom stereocenters. The first-order chi connectivity index (χ1) is 15.8. The van der Waals surface area contributed by atoms with Crippen molar-refractivity contribution in [2.45, 2.75) is 69.5 Å². The van der Waals surface area contributed by atoms with Gasteiger partial charge in [-0.15, -0.1) is 5.10 Å². The summed E-state index contributed by atoms with van der Waals surface area (Å²) in [5.41, 5.74) is 2.14. The van der Waals surface area contributed by atoms with Gasteiger partial charge in [0.2, 0.25) is 10.0 Å². The van der Waals surface area contributed by atoms with Gasteiger partial charge in [0.05, 0.1) is 22.3 Å². The predicted molar refractivity (Wildman–Crippen MR) is 131 cm³/mol. The van der Waals surface area contributed by atoms with Crippen LogP contribution in [0.5, 0.6) is 0 Å². The highest BCUT2D eigenvalue weighted by Crippen LogP contribution is 2.39. The number of hydrogen-bond donors (Lipinski definition) is 2. The van der Waals surface area contributed by atoms with Gasteiger partial charge in [-0.05, 0) is 59.6 Å². The molecule has 3 heterocycles. The molecule has 1 aliphatic carbocycles. The van der Waals surface area contributed by atoms with E-state index in [0.717, 1.165) is 30.6 Å². The van der Waals surface area contributed by atoms with Crippen molar-refractivity contribution < 1.29 is 8.42 Å². The Morgan fingerprint density at radius 1 is 1.18 bits per heavy atom. The fourth-order valence-electron chi connectivity index (χ4n) is 4.83. The Labute approximate surface area is 200 Å². The van der Waals surface area contributed by atoms with Gasteiger partial charge in [0.1, 0.15) is 17.2 Å². The number of benzene rings is 1. The average Bonchev–Trinajstić information content (AvgIpc) is 3.26. The lowest BCUT2D eigenvalue weighted by molar-refractivity contribution is 0.301. The zero-order chi connectivity index (χ0) is 24.5. The second-order valence-electron chi connectivity index (χ2n) is 10.7. The van der Waals surface area contributed by atoms with Gasteiger partial charge in [0.15, 0.2) is 0 Å². The Hall–Kier alpha value is -2.63. The Kier molecular flexibility index (Phi) is 5.23. The predicted octanol–water partition coefficient (Wildman–Crippen LogP) is 2.14. The molecular formula is C23H32N8O2S. The van der Waals surface area contributed by atoms with Crippen LogP contribution in [-0.2, 0) is 17.1 Å². The van der Waals surface area contributed by atoms with Crippen LogP contribution in [0.2, 0.25) is 0 Å². The van der Waals surface area contributed by atoms with E-state index in [4.69, 9.17) is 4.98 Å². The van der Waals surface area contributed by atoms with Crippen LogP contribution in [0.4, 0.5) is 5.69 Å². The Balaban J connectivity index is 1.76. The van der Waals surface area contributed by atoms with Crippen molar-refractivity contribution in [2.75, 3.05) is 18.0 Å². The van der Waals surface area contributed by atoms with E-state index in [1.54, 1.807) is 30.1 Å². The lowest BCUT2D eigenvalue weighted by atomic mass is 9.98. The molecule has 5 rings (SSSR count). The molecule has 1 saturated carbocycles. The van der Waals surface area contributed by atoms with E-state index in [1.165, 1.54) is 0 Å². The van der Waals surface area contributed by atoms with E-state index < -0.39 is 10.0 Å². The average molecular weight is 485 g/mol. The lowest BCUT2D eigenvalue weighted by Gasteiger charge is -2.44. The number of aromatic nitrogens is 5. The molecule has 182 valence electrons. The third-order valence-corrected chi connectivity index (χ3v) is 8.08. The molecule has 34 heavy (non-hydrogen) atoms. The molecule has 2 aromatic heterocycles. The molecule has 3 aromatic rings. The van der Waals surface area contributed by atoms with Gasteiger partial charge >= 0.3 is 0 Å². The molecular weight excluding hydrogens is 452 g/mol. The van der Waals surface area contributed by atoms with E-state index in [1.807, 2.05) is 13.8 Å². The smallest absolute Gasteiger partial charge is 0.241 e. The molecule has 0 bridgehead atoms. The van der Waals surface area contributed by atoms with Crippen LogP contribution in [0.1, 0.15) is 46.4 Å². The van der Waals surface area contributed by atoms with E-state index >= 15 is 0 Å². The van der Waals surface area contributed by atoms with Crippen molar-refractivity contribution >= 4 is 26.6 Å². The van der Waals surface area contributed by atoms with E-state index in [9.17, 15) is 8.42 Å². The molecule has 10 nitrogen and oxygen atoms in total. The first kappa shape index (κ1) is 23.1. The van der Waals surface area contributed by atoms with Crippen molar-refractivity contribution in [1.82, 2.24) is 35.0 Å². The van der Waals surface area contributed by atoms with Gasteiger partial charge in [0, 0.05) is 42.6 Å². The summed E-state index contributed by atoms with van der Waals surface area (Å²) in [6.07, 6.45) is 3.45. The number of nitrogens with zero attached hydrogens (tertiary/aromatic N) is 6. The maximum Gasteiger partial charge on any atom is 0.241 e. The van der Waals surface area contributed by atoms with Crippen LogP contribution >= 0.6 is 0 Å². The van der Waals surface area contributed by atoms with Crippen molar-refractivity contribution in [1.29, 1.82) is 0 Å². The first-order valence-electron chi connectivity index (χ1n) is 11.6. The van der Waals surface area contributed by atoms with Gasteiger partial charge in [-0.3, -0.25) is 4.68 Å². The van der Waals surface area contributed by atoms with Gasteiger partial charge in [-0.1, -0.05) is 5.21 Å². The van der Waals surface area contributed by atoms with Gasteiger partial charge in [0.25, 0.3) is 0 Å². The molecule has 0 spiro atoms. The summed E-state index contributed by atoms with van der Waals surface area (Å²) in [5, 5.41) is 12.6. The third kappa shape index (κ3) is 4.39. The zero-order valence-electron chi connectivity index (χ0n) is 20.5. The van der Waals surface area contributed by atoms with Crippen molar-refractivity contribution in [2.24, 2.45) is 7.05 Å². The van der Waals surface area contributed by atoms with Crippen LogP contribution in [0.3, 0.4) is 0 Å². The molecule has 1 aliphatic heterocycles. The van der Waals surface area contributed by atoms with Gasteiger partial charge in [-0.25, -0.2) is 23.1 Å². The number of aryl methyl sites for hydroxylation is 2. The largest absolute Gasteiger partial charge is 0.366 e. The Morgan fingerprint density at radius 3 is 2.53 bits per heavy atom. The first-order valence-corrected chi connectivity index (χ1v) is 13.1. The molecule has 2 N–H and O–H groups in total. The number of rotatable bonds is 5. The highest BCUT2D eigenvalue weighted by Gasteiger charge is 2.41. The molecule has 0 amide bonds. The third-order valence-electron chi connectivity index (χ3n) is 6.46. The Morgan fingerprint density at radius 2 is 1.91 bits per heavy atom. The van der Waals surface area contributed by atoms with Crippen LogP contribution in [-0.4, -0.2) is 63.6 Å². The van der Waals surface area contributed by atoms with Crippen LogP contribution in [0.25, 0.3) is 22.3 Å². The van der Waals surface area contributed by atoms with Crippen LogP contribution < -0.4 is 14.9 Å². The SMILES string of the molecule is Cc1nc(-c2cn(C)nn2)c2cc(S(=O)(=O)NC3(C)CC3)cc(N3C[C@H](C)NC(C)(C)C3)c2n1. The highest BCUT2D eigenvalue weighted by molar-refractivity contribution is 7.89. The molecule has 11 heteroatoms. The van der Waals surface area contributed by atoms with Crippen molar-refractivity contribution in [3.8, 4) is 11.4 Å². The highest BCUT2D eigenvalue weighted by atomic mass is 32.2. The summed E-state index contributed by atoms with van der Waals surface area (Å²) in [7, 11) is -1.95. The summed E-state index contributed by atoms with van der Waals surface area (Å²) in [4.78, 5) is 11.9. The molecule has 0 radical (unpaired) electrons. The van der Waals surface area contributed by atoms with E-state index in [0.29, 0.717) is 29.1 Å². The topological polar surface area (TPSA) is 118 Å². The minimum atomic E-state index is -3.74. The van der Waals surface area contributed by atoms with Crippen LogP contribution in [0, 0.1) is 6.92 Å². The molecule has 2 aliphatic rings. The van der Waals surface area contributed by atoms with Crippen molar-refractivity contribution in [3.63, 3.8) is 0 Å². The van der Waals surface area contributed by atoms with E-state index in [2.05, 4.69) is 51.0 Å². The number of anilines is 1. The maximum atomic E-state index is 13.5. The zero-order valence-corrected chi connectivity index (χ0v) is 21.4. The second-order valence-corrected chi connectivity index (χ2v) is 12.4. The summed E-state index contributed by atoms with van der Waals surface area (Å²) < 4.78 is 31.4. The molecule has 0 unspecified atom stereocenters. The molecule has 2 fully saturated rings. The maximum absolute atomic E-state index is 13.5. The van der Waals surface area contributed by atoms with Crippen molar-refractivity contribution in [3.05, 3.63) is 24.2 Å². The van der Waals surface area contributed by atoms with E-state index in [-0.39, 0.29) is 22.0 Å². The number of piperazine rings is 1.